The molecule has 0 bridgehead atoms. The largest absolute Gasteiger partial charge is 0.494 e. The second-order valence-electron chi connectivity index (χ2n) is 8.13. The summed E-state index contributed by atoms with van der Waals surface area (Å²) in [6.07, 6.45) is 4.47. The van der Waals surface area contributed by atoms with Crippen molar-refractivity contribution in [1.29, 1.82) is 0 Å². The van der Waals surface area contributed by atoms with E-state index in [9.17, 15) is 8.42 Å². The molecule has 0 radical (unpaired) electrons. The SMILES string of the molecule is Cc1cc(C)nc(N2CCC(C(C)CCOc3ccc(S(C)(=O)=O)cc3)CC2)n1. The molecule has 1 aromatic carbocycles. The summed E-state index contributed by atoms with van der Waals surface area (Å²) in [6, 6.07) is 8.65. The molecule has 0 saturated carbocycles. The highest BCUT2D eigenvalue weighted by atomic mass is 32.2. The quantitative estimate of drug-likeness (QED) is 0.682. The van der Waals surface area contributed by atoms with Crippen LogP contribution >= 0.6 is 0 Å². The van der Waals surface area contributed by atoms with Crippen molar-refractivity contribution in [3.05, 3.63) is 41.7 Å². The van der Waals surface area contributed by atoms with Gasteiger partial charge in [-0.15, -0.1) is 0 Å². The van der Waals surface area contributed by atoms with Gasteiger partial charge >= 0.3 is 0 Å². The molecule has 1 unspecified atom stereocenters. The van der Waals surface area contributed by atoms with Gasteiger partial charge in [-0.3, -0.25) is 0 Å². The molecule has 2 heterocycles. The van der Waals surface area contributed by atoms with Crippen LogP contribution in [0.4, 0.5) is 5.95 Å². The van der Waals surface area contributed by atoms with Crippen LogP contribution in [0.25, 0.3) is 0 Å². The number of nitrogens with zero attached hydrogens (tertiary/aromatic N) is 3. The van der Waals surface area contributed by atoms with Crippen molar-refractivity contribution in [2.75, 3.05) is 30.9 Å². The number of benzene rings is 1. The minimum absolute atomic E-state index is 0.317. The molecular formula is C22H31N3O3S. The van der Waals surface area contributed by atoms with E-state index >= 15 is 0 Å². The van der Waals surface area contributed by atoms with Crippen molar-refractivity contribution in [2.45, 2.75) is 44.9 Å². The Balaban J connectivity index is 1.44. The maximum atomic E-state index is 11.5. The Labute approximate surface area is 174 Å². The van der Waals surface area contributed by atoms with Gasteiger partial charge in [0.1, 0.15) is 5.75 Å². The molecule has 158 valence electrons. The standard InChI is InChI=1S/C22H31N3O3S/c1-16(11-14-28-20-5-7-21(8-6-20)29(4,26)27)19-9-12-25(13-10-19)22-23-17(2)15-18(3)24-22/h5-8,15-16,19H,9-14H2,1-4H3. The Morgan fingerprint density at radius 2 is 1.69 bits per heavy atom. The van der Waals surface area contributed by atoms with Crippen molar-refractivity contribution in [2.24, 2.45) is 11.8 Å². The maximum absolute atomic E-state index is 11.5. The molecule has 1 saturated heterocycles. The van der Waals surface area contributed by atoms with Crippen LogP contribution in [-0.2, 0) is 9.84 Å². The van der Waals surface area contributed by atoms with Crippen LogP contribution in [0.15, 0.2) is 35.2 Å². The van der Waals surface area contributed by atoms with Crippen LogP contribution in [0.1, 0.15) is 37.6 Å². The van der Waals surface area contributed by atoms with Crippen molar-refractivity contribution < 1.29 is 13.2 Å². The highest BCUT2D eigenvalue weighted by molar-refractivity contribution is 7.90. The van der Waals surface area contributed by atoms with Crippen LogP contribution in [0.3, 0.4) is 0 Å². The number of ether oxygens (including phenoxy) is 1. The van der Waals surface area contributed by atoms with E-state index in [0.717, 1.165) is 49.7 Å². The van der Waals surface area contributed by atoms with Gasteiger partial charge in [0.2, 0.25) is 5.95 Å². The molecule has 2 aromatic rings. The second kappa shape index (κ2) is 9.11. The van der Waals surface area contributed by atoms with Gasteiger partial charge in [0.05, 0.1) is 11.5 Å². The van der Waals surface area contributed by atoms with Crippen molar-refractivity contribution in [3.63, 3.8) is 0 Å². The molecule has 3 rings (SSSR count). The molecule has 1 fully saturated rings. The fourth-order valence-electron chi connectivity index (χ4n) is 3.90. The highest BCUT2D eigenvalue weighted by Gasteiger charge is 2.25. The molecular weight excluding hydrogens is 386 g/mol. The third-order valence-corrected chi connectivity index (χ3v) is 6.82. The van der Waals surface area contributed by atoms with Crippen LogP contribution in [0.5, 0.6) is 5.75 Å². The minimum atomic E-state index is -3.17. The monoisotopic (exact) mass is 417 g/mol. The zero-order chi connectivity index (χ0) is 21.0. The number of piperidine rings is 1. The van der Waals surface area contributed by atoms with Crippen LogP contribution in [-0.4, -0.2) is 44.3 Å². The predicted molar refractivity (Wildman–Crippen MR) is 115 cm³/mol. The van der Waals surface area contributed by atoms with E-state index < -0.39 is 9.84 Å². The fourth-order valence-corrected chi connectivity index (χ4v) is 4.53. The Hall–Kier alpha value is -2.15. The zero-order valence-corrected chi connectivity index (χ0v) is 18.6. The van der Waals surface area contributed by atoms with E-state index in [-0.39, 0.29) is 0 Å². The topological polar surface area (TPSA) is 72.4 Å². The lowest BCUT2D eigenvalue weighted by molar-refractivity contribution is 0.222. The average Bonchev–Trinajstić information content (AvgIpc) is 2.67. The molecule has 0 aliphatic carbocycles. The van der Waals surface area contributed by atoms with Crippen molar-refractivity contribution in [1.82, 2.24) is 9.97 Å². The van der Waals surface area contributed by atoms with Gasteiger partial charge in [0, 0.05) is 30.7 Å². The van der Waals surface area contributed by atoms with Crippen molar-refractivity contribution >= 4 is 15.8 Å². The Bertz CT molecular complexity index is 901. The van der Waals surface area contributed by atoms with E-state index in [0.29, 0.717) is 29.1 Å². The number of rotatable bonds is 7. The Morgan fingerprint density at radius 1 is 1.10 bits per heavy atom. The lowest BCUT2D eigenvalue weighted by Crippen LogP contribution is -2.37. The third-order valence-electron chi connectivity index (χ3n) is 5.69. The minimum Gasteiger partial charge on any atom is -0.494 e. The molecule has 1 aliphatic heterocycles. The lowest BCUT2D eigenvalue weighted by atomic mass is 9.84. The summed E-state index contributed by atoms with van der Waals surface area (Å²) in [7, 11) is -3.17. The first kappa shape index (κ1) is 21.6. The number of anilines is 1. The van der Waals surface area contributed by atoms with Gasteiger partial charge in [0.15, 0.2) is 9.84 Å². The first-order valence-electron chi connectivity index (χ1n) is 10.2. The van der Waals surface area contributed by atoms with E-state index in [1.54, 1.807) is 24.3 Å². The van der Waals surface area contributed by atoms with Gasteiger partial charge < -0.3 is 9.64 Å². The van der Waals surface area contributed by atoms with Crippen LogP contribution in [0.2, 0.25) is 0 Å². The molecule has 0 N–H and O–H groups in total. The summed E-state index contributed by atoms with van der Waals surface area (Å²) in [6.45, 7) is 8.95. The first-order valence-corrected chi connectivity index (χ1v) is 12.1. The third kappa shape index (κ3) is 5.92. The summed E-state index contributed by atoms with van der Waals surface area (Å²) < 4.78 is 28.9. The molecule has 7 heteroatoms. The molecule has 29 heavy (non-hydrogen) atoms. The van der Waals surface area contributed by atoms with E-state index in [2.05, 4.69) is 21.8 Å². The normalized spacial score (nSPS) is 16.6. The number of sulfone groups is 1. The maximum Gasteiger partial charge on any atom is 0.225 e. The lowest BCUT2D eigenvalue weighted by Gasteiger charge is -2.35. The summed E-state index contributed by atoms with van der Waals surface area (Å²) in [4.78, 5) is 11.8. The zero-order valence-electron chi connectivity index (χ0n) is 17.8. The Kier molecular flexibility index (Phi) is 6.77. The van der Waals surface area contributed by atoms with Gasteiger partial charge in [-0.2, -0.15) is 0 Å². The summed E-state index contributed by atoms with van der Waals surface area (Å²) in [5, 5.41) is 0. The van der Waals surface area contributed by atoms with E-state index in [1.807, 2.05) is 19.9 Å². The first-order chi connectivity index (χ1) is 13.7. The summed E-state index contributed by atoms with van der Waals surface area (Å²) in [5.74, 6) is 2.82. The van der Waals surface area contributed by atoms with Crippen LogP contribution < -0.4 is 9.64 Å². The predicted octanol–water partition coefficient (Wildman–Crippen LogP) is 3.82. The van der Waals surface area contributed by atoms with Crippen molar-refractivity contribution in [3.8, 4) is 5.75 Å². The Morgan fingerprint density at radius 3 is 2.24 bits per heavy atom. The smallest absolute Gasteiger partial charge is 0.225 e. The van der Waals surface area contributed by atoms with E-state index in [4.69, 9.17) is 4.74 Å². The number of hydrogen-bond acceptors (Lipinski definition) is 6. The van der Waals surface area contributed by atoms with Gasteiger partial charge in [0.25, 0.3) is 0 Å². The molecule has 0 amide bonds. The van der Waals surface area contributed by atoms with Gasteiger partial charge in [-0.1, -0.05) is 6.92 Å². The molecule has 1 aromatic heterocycles. The number of hydrogen-bond donors (Lipinski definition) is 0. The summed E-state index contributed by atoms with van der Waals surface area (Å²) >= 11 is 0. The van der Waals surface area contributed by atoms with Crippen LogP contribution in [0, 0.1) is 25.7 Å². The summed E-state index contributed by atoms with van der Waals surface area (Å²) in [5.41, 5.74) is 2.04. The fraction of sp³-hybridized carbons (Fsp3) is 0.545. The number of aromatic nitrogens is 2. The molecule has 1 aliphatic rings. The average molecular weight is 418 g/mol. The molecule has 6 nitrogen and oxygen atoms in total. The molecule has 0 spiro atoms. The van der Waals surface area contributed by atoms with Gasteiger partial charge in [-0.25, -0.2) is 18.4 Å². The molecule has 1 atom stereocenters. The van der Waals surface area contributed by atoms with Gasteiger partial charge in [-0.05, 0) is 75.3 Å². The highest BCUT2D eigenvalue weighted by Crippen LogP contribution is 2.29. The number of aryl methyl sites for hydroxylation is 2. The van der Waals surface area contributed by atoms with E-state index in [1.165, 1.54) is 6.26 Å². The second-order valence-corrected chi connectivity index (χ2v) is 10.1.